The number of ether oxygens (including phenoxy) is 1. The second-order valence-electron chi connectivity index (χ2n) is 4.82. The van der Waals surface area contributed by atoms with Gasteiger partial charge in [0, 0.05) is 18.2 Å². The Bertz CT molecular complexity index is 537. The van der Waals surface area contributed by atoms with E-state index in [1.54, 1.807) is 7.11 Å². The zero-order valence-corrected chi connectivity index (χ0v) is 12.0. The van der Waals surface area contributed by atoms with Crippen LogP contribution in [0.3, 0.4) is 0 Å². The van der Waals surface area contributed by atoms with E-state index in [1.807, 2.05) is 42.5 Å². The Morgan fingerprint density at radius 2 is 1.70 bits per heavy atom. The van der Waals surface area contributed by atoms with Crippen molar-refractivity contribution >= 4 is 0 Å². The van der Waals surface area contributed by atoms with Crippen LogP contribution >= 0.6 is 0 Å². The third-order valence-electron chi connectivity index (χ3n) is 3.42. The smallest absolute Gasteiger partial charge is 0.123 e. The number of nitrogens with one attached hydrogen (secondary N) is 1. The van der Waals surface area contributed by atoms with Crippen molar-refractivity contribution in [2.24, 2.45) is 0 Å². The van der Waals surface area contributed by atoms with Gasteiger partial charge in [0.05, 0.1) is 13.7 Å². The number of hydrogen-bond acceptors (Lipinski definition) is 3. The van der Waals surface area contributed by atoms with E-state index in [4.69, 9.17) is 9.84 Å². The summed E-state index contributed by atoms with van der Waals surface area (Å²) in [4.78, 5) is 0. The number of aliphatic hydroxyl groups is 1. The van der Waals surface area contributed by atoms with Gasteiger partial charge in [0.1, 0.15) is 5.75 Å². The molecule has 0 aliphatic carbocycles. The number of aliphatic hydroxyl groups excluding tert-OH is 1. The van der Waals surface area contributed by atoms with Gasteiger partial charge in [-0.25, -0.2) is 0 Å². The molecule has 3 nitrogen and oxygen atoms in total. The van der Waals surface area contributed by atoms with Crippen molar-refractivity contribution in [3.8, 4) is 5.75 Å². The molecule has 0 aromatic heterocycles. The largest absolute Gasteiger partial charge is 0.496 e. The molecule has 0 aliphatic rings. The lowest BCUT2D eigenvalue weighted by Gasteiger charge is -2.17. The Labute approximate surface area is 120 Å². The van der Waals surface area contributed by atoms with E-state index in [2.05, 4.69) is 18.3 Å². The zero-order valence-electron chi connectivity index (χ0n) is 12.0. The van der Waals surface area contributed by atoms with Crippen molar-refractivity contribution < 1.29 is 9.84 Å². The second-order valence-corrected chi connectivity index (χ2v) is 4.82. The average molecular weight is 271 g/mol. The molecule has 0 amide bonds. The maximum atomic E-state index is 9.02. The summed E-state index contributed by atoms with van der Waals surface area (Å²) in [6.07, 6.45) is 0. The molecule has 20 heavy (non-hydrogen) atoms. The normalized spacial score (nSPS) is 12.2. The first-order chi connectivity index (χ1) is 9.74. The summed E-state index contributed by atoms with van der Waals surface area (Å²) >= 11 is 0. The highest BCUT2D eigenvalue weighted by Crippen LogP contribution is 2.24. The quantitative estimate of drug-likeness (QED) is 0.848. The lowest BCUT2D eigenvalue weighted by Crippen LogP contribution is -2.18. The highest BCUT2D eigenvalue weighted by molar-refractivity contribution is 5.35. The molecule has 0 heterocycles. The van der Waals surface area contributed by atoms with Crippen LogP contribution in [0.5, 0.6) is 5.75 Å². The van der Waals surface area contributed by atoms with Crippen molar-refractivity contribution in [2.45, 2.75) is 26.1 Å². The van der Waals surface area contributed by atoms with Gasteiger partial charge in [-0.3, -0.25) is 0 Å². The third-order valence-corrected chi connectivity index (χ3v) is 3.42. The Kier molecular flexibility index (Phi) is 5.16. The van der Waals surface area contributed by atoms with Crippen LogP contribution in [0.1, 0.15) is 29.7 Å². The Balaban J connectivity index is 1.98. The lowest BCUT2D eigenvalue weighted by atomic mass is 10.1. The molecule has 0 saturated carbocycles. The minimum Gasteiger partial charge on any atom is -0.496 e. The van der Waals surface area contributed by atoms with E-state index in [1.165, 1.54) is 5.56 Å². The van der Waals surface area contributed by atoms with E-state index in [9.17, 15) is 0 Å². The maximum Gasteiger partial charge on any atom is 0.123 e. The Hall–Kier alpha value is -1.84. The molecule has 2 aromatic carbocycles. The van der Waals surface area contributed by atoms with Crippen LogP contribution in [-0.2, 0) is 13.2 Å². The summed E-state index contributed by atoms with van der Waals surface area (Å²) < 4.78 is 5.38. The highest BCUT2D eigenvalue weighted by Gasteiger charge is 2.09. The molecule has 0 aliphatic heterocycles. The third kappa shape index (κ3) is 3.59. The lowest BCUT2D eigenvalue weighted by molar-refractivity contribution is 0.282. The second kappa shape index (κ2) is 7.08. The predicted molar refractivity (Wildman–Crippen MR) is 80.6 cm³/mol. The molecule has 106 valence electrons. The van der Waals surface area contributed by atoms with E-state index in [0.717, 1.165) is 23.4 Å². The first kappa shape index (κ1) is 14.6. The summed E-state index contributed by atoms with van der Waals surface area (Å²) in [6.45, 7) is 3.00. The zero-order chi connectivity index (χ0) is 14.4. The minimum atomic E-state index is 0.0886. The number of para-hydroxylation sites is 1. The molecule has 0 bridgehead atoms. The van der Waals surface area contributed by atoms with Crippen LogP contribution in [0.4, 0.5) is 0 Å². The fraction of sp³-hybridized carbons (Fsp3) is 0.294. The molecule has 0 saturated heterocycles. The molecular formula is C17H21NO2. The van der Waals surface area contributed by atoms with Gasteiger partial charge in [0.25, 0.3) is 0 Å². The minimum absolute atomic E-state index is 0.0886. The number of methoxy groups -OCH3 is 1. The van der Waals surface area contributed by atoms with Crippen LogP contribution in [0.2, 0.25) is 0 Å². The summed E-state index contributed by atoms with van der Waals surface area (Å²) in [5, 5.41) is 12.5. The number of benzene rings is 2. The van der Waals surface area contributed by atoms with Gasteiger partial charge in [-0.1, -0.05) is 42.5 Å². The first-order valence-corrected chi connectivity index (χ1v) is 6.79. The van der Waals surface area contributed by atoms with Gasteiger partial charge in [-0.15, -0.1) is 0 Å². The van der Waals surface area contributed by atoms with Crippen LogP contribution in [0.25, 0.3) is 0 Å². The fourth-order valence-electron chi connectivity index (χ4n) is 2.17. The summed E-state index contributed by atoms with van der Waals surface area (Å²) in [5.74, 6) is 0.906. The van der Waals surface area contributed by atoms with Gasteiger partial charge < -0.3 is 15.2 Å². The Morgan fingerprint density at radius 3 is 2.35 bits per heavy atom. The van der Waals surface area contributed by atoms with Crippen LogP contribution in [-0.4, -0.2) is 12.2 Å². The maximum absolute atomic E-state index is 9.02. The van der Waals surface area contributed by atoms with Crippen molar-refractivity contribution in [3.05, 3.63) is 65.2 Å². The molecular weight excluding hydrogens is 250 g/mol. The van der Waals surface area contributed by atoms with E-state index in [0.29, 0.717) is 0 Å². The number of rotatable bonds is 6. The molecule has 1 atom stereocenters. The van der Waals surface area contributed by atoms with Crippen LogP contribution in [0, 0.1) is 0 Å². The molecule has 2 aromatic rings. The standard InChI is InChI=1S/C17H21NO2/c1-13(16-5-3-4-6-17(16)20-2)18-11-14-7-9-15(12-19)10-8-14/h3-10,13,18-19H,11-12H2,1-2H3. The van der Waals surface area contributed by atoms with E-state index >= 15 is 0 Å². The highest BCUT2D eigenvalue weighted by atomic mass is 16.5. The number of hydrogen-bond donors (Lipinski definition) is 2. The SMILES string of the molecule is COc1ccccc1C(C)NCc1ccc(CO)cc1. The van der Waals surface area contributed by atoms with Crippen molar-refractivity contribution in [1.29, 1.82) is 0 Å². The molecule has 0 radical (unpaired) electrons. The van der Waals surface area contributed by atoms with Gasteiger partial charge in [0.15, 0.2) is 0 Å². The van der Waals surface area contributed by atoms with Crippen molar-refractivity contribution in [3.63, 3.8) is 0 Å². The summed E-state index contributed by atoms with van der Waals surface area (Å²) in [7, 11) is 1.69. The summed E-state index contributed by atoms with van der Waals surface area (Å²) in [5.41, 5.74) is 3.29. The van der Waals surface area contributed by atoms with Crippen LogP contribution < -0.4 is 10.1 Å². The fourth-order valence-corrected chi connectivity index (χ4v) is 2.17. The first-order valence-electron chi connectivity index (χ1n) is 6.79. The Morgan fingerprint density at radius 1 is 1.05 bits per heavy atom. The molecule has 1 unspecified atom stereocenters. The summed E-state index contributed by atoms with van der Waals surface area (Å²) in [6, 6.07) is 16.2. The predicted octanol–water partition coefficient (Wildman–Crippen LogP) is 3.04. The van der Waals surface area contributed by atoms with E-state index < -0.39 is 0 Å². The van der Waals surface area contributed by atoms with Gasteiger partial charge in [-0.05, 0) is 24.1 Å². The monoisotopic (exact) mass is 271 g/mol. The van der Waals surface area contributed by atoms with Gasteiger partial charge in [0.2, 0.25) is 0 Å². The molecule has 0 fully saturated rings. The molecule has 3 heteroatoms. The van der Waals surface area contributed by atoms with E-state index in [-0.39, 0.29) is 12.6 Å². The van der Waals surface area contributed by atoms with Crippen molar-refractivity contribution in [2.75, 3.05) is 7.11 Å². The molecule has 0 spiro atoms. The van der Waals surface area contributed by atoms with Gasteiger partial charge in [-0.2, -0.15) is 0 Å². The molecule has 2 rings (SSSR count). The molecule has 2 N–H and O–H groups in total. The average Bonchev–Trinajstić information content (AvgIpc) is 2.53. The topological polar surface area (TPSA) is 41.5 Å². The van der Waals surface area contributed by atoms with Gasteiger partial charge >= 0.3 is 0 Å². The van der Waals surface area contributed by atoms with Crippen LogP contribution in [0.15, 0.2) is 48.5 Å². The van der Waals surface area contributed by atoms with Crippen molar-refractivity contribution in [1.82, 2.24) is 5.32 Å².